The number of carbonyl (C=O) groups is 1. The summed E-state index contributed by atoms with van der Waals surface area (Å²) in [5, 5.41) is 7.24. The maximum atomic E-state index is 13.0. The highest BCUT2D eigenvalue weighted by molar-refractivity contribution is 8.00. The first kappa shape index (κ1) is 20.8. The minimum atomic E-state index is -0.395. The number of benzene rings is 2. The average Bonchev–Trinajstić information content (AvgIpc) is 2.79. The number of amidine groups is 1. The van der Waals surface area contributed by atoms with Gasteiger partial charge in [-0.05, 0) is 37.1 Å². The van der Waals surface area contributed by atoms with E-state index >= 15 is 0 Å². The molecule has 4 rings (SSSR count). The average molecular weight is 425 g/mol. The Balaban J connectivity index is 1.51. The number of para-hydroxylation sites is 2. The fourth-order valence-electron chi connectivity index (χ4n) is 4.02. The lowest BCUT2D eigenvalue weighted by Crippen LogP contribution is -2.62. The number of methoxy groups -OCH3 is 1. The van der Waals surface area contributed by atoms with E-state index in [0.29, 0.717) is 25.4 Å². The number of ether oxygens (including phenoxy) is 1. The van der Waals surface area contributed by atoms with E-state index in [4.69, 9.17) is 9.73 Å². The van der Waals surface area contributed by atoms with Crippen molar-refractivity contribution in [3.8, 4) is 0 Å². The fraction of sp³-hybridized carbons (Fsp3) is 0.391. The number of hydrogen-bond acceptors (Lipinski definition) is 5. The quantitative estimate of drug-likeness (QED) is 0.547. The fourth-order valence-corrected chi connectivity index (χ4v) is 4.84. The number of hydrogen-bond donors (Lipinski definition) is 2. The van der Waals surface area contributed by atoms with Gasteiger partial charge in [-0.3, -0.25) is 9.79 Å². The maximum absolute atomic E-state index is 13.0. The van der Waals surface area contributed by atoms with Crippen LogP contribution in [0.2, 0.25) is 0 Å². The van der Waals surface area contributed by atoms with Crippen molar-refractivity contribution in [3.05, 3.63) is 54.6 Å². The third-order valence-corrected chi connectivity index (χ3v) is 6.52. The van der Waals surface area contributed by atoms with Crippen molar-refractivity contribution in [2.45, 2.75) is 23.3 Å². The summed E-state index contributed by atoms with van der Waals surface area (Å²) in [4.78, 5) is 20.9. The maximum Gasteiger partial charge on any atom is 0.233 e. The van der Waals surface area contributed by atoms with Crippen LogP contribution in [0.15, 0.2) is 64.5 Å². The summed E-state index contributed by atoms with van der Waals surface area (Å²) in [6.45, 7) is 2.54. The Labute approximate surface area is 182 Å². The predicted octanol–water partition coefficient (Wildman–Crippen LogP) is 3.72. The minimum absolute atomic E-state index is 0.167. The van der Waals surface area contributed by atoms with Crippen LogP contribution in [0.4, 0.5) is 11.4 Å². The summed E-state index contributed by atoms with van der Waals surface area (Å²) >= 11 is 1.59. The topological polar surface area (TPSA) is 66.0 Å². The van der Waals surface area contributed by atoms with Crippen LogP contribution in [0.3, 0.4) is 0 Å². The molecule has 7 heteroatoms. The summed E-state index contributed by atoms with van der Waals surface area (Å²) in [5.41, 5.74) is 1.67. The number of aliphatic imine (C=N–C) groups is 1. The molecular weight excluding hydrogens is 396 g/mol. The van der Waals surface area contributed by atoms with Gasteiger partial charge in [-0.1, -0.05) is 30.3 Å². The van der Waals surface area contributed by atoms with E-state index in [1.165, 1.54) is 0 Å². The van der Waals surface area contributed by atoms with Crippen molar-refractivity contribution in [1.29, 1.82) is 0 Å². The smallest absolute Gasteiger partial charge is 0.233 e. The molecule has 2 heterocycles. The van der Waals surface area contributed by atoms with E-state index < -0.39 is 5.54 Å². The molecule has 6 nitrogen and oxygen atoms in total. The van der Waals surface area contributed by atoms with Crippen molar-refractivity contribution in [1.82, 2.24) is 4.90 Å². The van der Waals surface area contributed by atoms with E-state index in [1.54, 1.807) is 18.9 Å². The number of anilines is 2. The Morgan fingerprint density at radius 3 is 2.73 bits per heavy atom. The summed E-state index contributed by atoms with van der Waals surface area (Å²) in [5.74, 6) is 1.51. The zero-order valence-electron chi connectivity index (χ0n) is 17.3. The number of likely N-dealkylation sites (tertiary alicyclic amines) is 1. The van der Waals surface area contributed by atoms with Crippen LogP contribution >= 0.6 is 11.8 Å². The van der Waals surface area contributed by atoms with Gasteiger partial charge in [-0.2, -0.15) is 0 Å². The largest absolute Gasteiger partial charge is 0.383 e. The van der Waals surface area contributed by atoms with Gasteiger partial charge in [0.1, 0.15) is 11.4 Å². The van der Waals surface area contributed by atoms with E-state index in [2.05, 4.69) is 16.7 Å². The van der Waals surface area contributed by atoms with Crippen molar-refractivity contribution in [2.24, 2.45) is 4.99 Å². The molecule has 1 fully saturated rings. The van der Waals surface area contributed by atoms with Crippen molar-refractivity contribution < 1.29 is 9.53 Å². The molecule has 2 aromatic rings. The number of carbonyl (C=O) groups excluding carboxylic acids is 1. The molecule has 30 heavy (non-hydrogen) atoms. The van der Waals surface area contributed by atoms with Crippen LogP contribution in [0.5, 0.6) is 0 Å². The number of fused-ring (bicyclic) bond motifs is 1. The summed E-state index contributed by atoms with van der Waals surface area (Å²) in [7, 11) is 1.68. The highest BCUT2D eigenvalue weighted by atomic mass is 32.2. The molecule has 0 radical (unpaired) electrons. The molecule has 0 aromatic heterocycles. The van der Waals surface area contributed by atoms with E-state index in [1.807, 2.05) is 53.4 Å². The van der Waals surface area contributed by atoms with Gasteiger partial charge in [-0.25, -0.2) is 0 Å². The molecule has 2 aromatic carbocycles. The first-order chi connectivity index (χ1) is 14.7. The highest BCUT2D eigenvalue weighted by Crippen LogP contribution is 2.36. The van der Waals surface area contributed by atoms with E-state index in [-0.39, 0.29) is 5.91 Å². The molecule has 1 saturated heterocycles. The van der Waals surface area contributed by atoms with Gasteiger partial charge in [0.2, 0.25) is 5.91 Å². The predicted molar refractivity (Wildman–Crippen MR) is 124 cm³/mol. The van der Waals surface area contributed by atoms with E-state index in [0.717, 1.165) is 41.5 Å². The van der Waals surface area contributed by atoms with Gasteiger partial charge >= 0.3 is 0 Å². The van der Waals surface area contributed by atoms with Crippen LogP contribution in [0.1, 0.15) is 12.8 Å². The molecule has 0 saturated carbocycles. The van der Waals surface area contributed by atoms with Crippen molar-refractivity contribution in [3.63, 3.8) is 0 Å². The van der Waals surface area contributed by atoms with Crippen molar-refractivity contribution in [2.75, 3.05) is 49.7 Å². The second-order valence-electron chi connectivity index (χ2n) is 7.62. The number of thioether (sulfide) groups is 1. The molecule has 0 aliphatic carbocycles. The lowest BCUT2D eigenvalue weighted by Gasteiger charge is -2.47. The number of piperidine rings is 1. The molecule has 158 valence electrons. The van der Waals surface area contributed by atoms with Crippen molar-refractivity contribution >= 4 is 34.9 Å². The number of nitrogens with zero attached hydrogens (tertiary/aromatic N) is 2. The van der Waals surface area contributed by atoms with Gasteiger partial charge in [-0.15, -0.1) is 11.8 Å². The Kier molecular flexibility index (Phi) is 6.59. The second kappa shape index (κ2) is 9.53. The Morgan fingerprint density at radius 1 is 1.17 bits per heavy atom. The Morgan fingerprint density at radius 2 is 1.93 bits per heavy atom. The third-order valence-electron chi connectivity index (χ3n) is 5.52. The van der Waals surface area contributed by atoms with Crippen LogP contribution < -0.4 is 10.6 Å². The lowest BCUT2D eigenvalue weighted by molar-refractivity contribution is -0.129. The minimum Gasteiger partial charge on any atom is -0.383 e. The SMILES string of the molecule is COCCN=C1Nc2ccccc2NC12CCCN(C(=O)CSc1ccccc1)C2. The molecular formula is C23H28N4O2S. The lowest BCUT2D eigenvalue weighted by atomic mass is 9.85. The molecule has 0 bridgehead atoms. The molecule has 1 atom stereocenters. The Hall–Kier alpha value is -2.51. The first-order valence-electron chi connectivity index (χ1n) is 10.3. The Bertz CT molecular complexity index is 905. The van der Waals surface area contributed by atoms with E-state index in [9.17, 15) is 4.79 Å². The normalized spacial score (nSPS) is 21.8. The second-order valence-corrected chi connectivity index (χ2v) is 8.67. The number of nitrogens with one attached hydrogen (secondary N) is 2. The molecule has 1 unspecified atom stereocenters. The summed E-state index contributed by atoms with van der Waals surface area (Å²) < 4.78 is 5.19. The van der Waals surface area contributed by atoms with Crippen LogP contribution in [-0.2, 0) is 9.53 Å². The molecule has 1 spiro atoms. The molecule has 1 amide bonds. The van der Waals surface area contributed by atoms with Gasteiger partial charge in [0, 0.05) is 18.6 Å². The standard InChI is InChI=1S/C23H28N4O2S/c1-29-15-13-24-22-23(26-20-11-6-5-10-19(20)25-22)12-7-14-27(17-23)21(28)16-30-18-8-3-2-4-9-18/h2-6,8-11,26H,7,12-17H2,1H3,(H,24,25). The zero-order chi connectivity index (χ0) is 20.8. The van der Waals surface area contributed by atoms with Crippen LogP contribution in [0, 0.1) is 0 Å². The van der Waals surface area contributed by atoms with Gasteiger partial charge in [0.05, 0.1) is 36.8 Å². The first-order valence-corrected chi connectivity index (χ1v) is 11.3. The van der Waals surface area contributed by atoms with Gasteiger partial charge < -0.3 is 20.3 Å². The molecule has 2 aliphatic heterocycles. The number of amides is 1. The van der Waals surface area contributed by atoms with Crippen LogP contribution in [-0.4, -0.2) is 61.3 Å². The number of rotatable bonds is 6. The highest BCUT2D eigenvalue weighted by Gasteiger charge is 2.44. The summed E-state index contributed by atoms with van der Waals surface area (Å²) in [6, 6.07) is 18.2. The van der Waals surface area contributed by atoms with Crippen LogP contribution in [0.25, 0.3) is 0 Å². The monoisotopic (exact) mass is 424 g/mol. The molecule has 2 N–H and O–H groups in total. The van der Waals surface area contributed by atoms with Gasteiger partial charge in [0.15, 0.2) is 0 Å². The third kappa shape index (κ3) is 4.63. The summed E-state index contributed by atoms with van der Waals surface area (Å²) in [6.07, 6.45) is 1.86. The molecule has 2 aliphatic rings. The zero-order valence-corrected chi connectivity index (χ0v) is 18.1. The van der Waals surface area contributed by atoms with Gasteiger partial charge in [0.25, 0.3) is 0 Å².